The van der Waals surface area contributed by atoms with Crippen molar-refractivity contribution in [2.75, 3.05) is 0 Å². The number of fused-ring (bicyclic) bond motifs is 1. The van der Waals surface area contributed by atoms with Gasteiger partial charge in [0.05, 0.1) is 17.2 Å². The lowest BCUT2D eigenvalue weighted by Crippen LogP contribution is -1.83. The van der Waals surface area contributed by atoms with Crippen LogP contribution in [0.3, 0.4) is 0 Å². The van der Waals surface area contributed by atoms with Crippen molar-refractivity contribution in [2.24, 2.45) is 0 Å². The lowest BCUT2D eigenvalue weighted by atomic mass is 10.0. The number of halogens is 2. The summed E-state index contributed by atoms with van der Waals surface area (Å²) in [6, 6.07) is 24.3. The van der Waals surface area contributed by atoms with Crippen molar-refractivity contribution >= 4 is 38.4 Å². The first-order valence-electron chi connectivity index (χ1n) is 8.30. The SMILES string of the molecule is N#C/C(=C/c1ccc(-c2ccc(Br)cc2F)o1)c1ccc2ccccc2c1. The number of allylic oxidation sites excluding steroid dienone is 1. The Bertz CT molecular complexity index is 1220. The molecule has 0 unspecified atom stereocenters. The summed E-state index contributed by atoms with van der Waals surface area (Å²) in [7, 11) is 0. The Morgan fingerprint density at radius 2 is 1.78 bits per heavy atom. The molecule has 1 heterocycles. The topological polar surface area (TPSA) is 36.9 Å². The molecule has 1 aromatic heterocycles. The van der Waals surface area contributed by atoms with Gasteiger partial charge in [-0.25, -0.2) is 4.39 Å². The molecule has 0 saturated carbocycles. The first kappa shape index (κ1) is 17.3. The molecule has 0 N–H and O–H groups in total. The number of hydrogen-bond acceptors (Lipinski definition) is 2. The predicted octanol–water partition coefficient (Wildman–Crippen LogP) is 7.07. The lowest BCUT2D eigenvalue weighted by molar-refractivity contribution is 0.561. The van der Waals surface area contributed by atoms with Gasteiger partial charge >= 0.3 is 0 Å². The van der Waals surface area contributed by atoms with Gasteiger partial charge in [-0.15, -0.1) is 0 Å². The highest BCUT2D eigenvalue weighted by molar-refractivity contribution is 9.10. The van der Waals surface area contributed by atoms with Gasteiger partial charge in [0.25, 0.3) is 0 Å². The molecule has 4 rings (SSSR count). The fourth-order valence-corrected chi connectivity index (χ4v) is 3.28. The Labute approximate surface area is 164 Å². The maximum absolute atomic E-state index is 14.1. The molecular weight excluding hydrogens is 405 g/mol. The summed E-state index contributed by atoms with van der Waals surface area (Å²) in [5.41, 5.74) is 1.67. The second-order valence-corrected chi connectivity index (χ2v) is 6.97. The van der Waals surface area contributed by atoms with Crippen LogP contribution in [-0.4, -0.2) is 0 Å². The third-order valence-corrected chi connectivity index (χ3v) is 4.78. The molecule has 0 saturated heterocycles. The third kappa shape index (κ3) is 3.55. The van der Waals surface area contributed by atoms with E-state index in [4.69, 9.17) is 4.42 Å². The molecule has 0 aliphatic heterocycles. The Morgan fingerprint density at radius 1 is 0.963 bits per heavy atom. The van der Waals surface area contributed by atoms with Gasteiger partial charge in [0.15, 0.2) is 0 Å². The average molecular weight is 418 g/mol. The number of nitrogens with zero attached hydrogens (tertiary/aromatic N) is 1. The highest BCUT2D eigenvalue weighted by Crippen LogP contribution is 2.29. The summed E-state index contributed by atoms with van der Waals surface area (Å²) in [4.78, 5) is 0. The van der Waals surface area contributed by atoms with Crippen LogP contribution in [0.15, 0.2) is 81.7 Å². The maximum atomic E-state index is 14.1. The normalized spacial score (nSPS) is 11.5. The van der Waals surface area contributed by atoms with Gasteiger partial charge in [-0.3, -0.25) is 0 Å². The van der Waals surface area contributed by atoms with Gasteiger partial charge in [-0.05, 0) is 58.8 Å². The minimum atomic E-state index is -0.371. The molecule has 0 aliphatic rings. The van der Waals surface area contributed by atoms with Crippen LogP contribution in [-0.2, 0) is 0 Å². The van der Waals surface area contributed by atoms with Crippen LogP contribution >= 0.6 is 15.9 Å². The van der Waals surface area contributed by atoms with E-state index in [1.54, 1.807) is 30.3 Å². The molecule has 27 heavy (non-hydrogen) atoms. The lowest BCUT2D eigenvalue weighted by Gasteiger charge is -2.02. The van der Waals surface area contributed by atoms with Crippen molar-refractivity contribution < 1.29 is 8.81 Å². The van der Waals surface area contributed by atoms with Crippen molar-refractivity contribution in [2.45, 2.75) is 0 Å². The molecule has 0 atom stereocenters. The van der Waals surface area contributed by atoms with Gasteiger partial charge in [0.2, 0.25) is 0 Å². The summed E-state index contributed by atoms with van der Waals surface area (Å²) < 4.78 is 20.5. The van der Waals surface area contributed by atoms with Crippen LogP contribution < -0.4 is 0 Å². The van der Waals surface area contributed by atoms with E-state index in [1.807, 2.05) is 42.5 Å². The number of benzene rings is 3. The number of furan rings is 1. The van der Waals surface area contributed by atoms with Gasteiger partial charge in [0, 0.05) is 4.47 Å². The standard InChI is InChI=1S/C23H13BrFNO/c24-19-7-9-21(22(25)13-19)23-10-8-20(27-23)12-18(14-26)17-6-5-15-3-1-2-4-16(15)11-17/h1-13H/b18-12-. The minimum absolute atomic E-state index is 0.371. The Kier molecular flexibility index (Phi) is 4.62. The summed E-state index contributed by atoms with van der Waals surface area (Å²) in [6.07, 6.45) is 1.67. The Balaban J connectivity index is 1.71. The zero-order valence-electron chi connectivity index (χ0n) is 14.1. The minimum Gasteiger partial charge on any atom is -0.457 e. The monoisotopic (exact) mass is 417 g/mol. The number of nitriles is 1. The molecule has 2 nitrogen and oxygen atoms in total. The summed E-state index contributed by atoms with van der Waals surface area (Å²) >= 11 is 3.24. The van der Waals surface area contributed by atoms with Crippen molar-refractivity contribution in [3.63, 3.8) is 0 Å². The molecule has 0 aliphatic carbocycles. The van der Waals surface area contributed by atoms with Crippen molar-refractivity contribution in [3.05, 3.63) is 94.4 Å². The molecule has 0 amide bonds. The highest BCUT2D eigenvalue weighted by Gasteiger charge is 2.11. The molecule has 3 aromatic carbocycles. The van der Waals surface area contributed by atoms with Crippen LogP contribution in [0.25, 0.3) is 33.7 Å². The fourth-order valence-electron chi connectivity index (χ4n) is 2.94. The molecule has 130 valence electrons. The molecule has 4 heteroatoms. The molecule has 0 radical (unpaired) electrons. The summed E-state index contributed by atoms with van der Waals surface area (Å²) in [5.74, 6) is 0.545. The second-order valence-electron chi connectivity index (χ2n) is 6.06. The summed E-state index contributed by atoms with van der Waals surface area (Å²) in [6.45, 7) is 0. The van der Waals surface area contributed by atoms with E-state index in [9.17, 15) is 9.65 Å². The van der Waals surface area contributed by atoms with E-state index < -0.39 is 0 Å². The smallest absolute Gasteiger partial charge is 0.137 e. The zero-order valence-corrected chi connectivity index (χ0v) is 15.7. The Morgan fingerprint density at radius 3 is 2.56 bits per heavy atom. The number of rotatable bonds is 3. The largest absolute Gasteiger partial charge is 0.457 e. The van der Waals surface area contributed by atoms with Crippen molar-refractivity contribution in [1.29, 1.82) is 5.26 Å². The zero-order chi connectivity index (χ0) is 18.8. The molecule has 0 spiro atoms. The molecular formula is C23H13BrFNO. The van der Waals surface area contributed by atoms with E-state index in [0.29, 0.717) is 27.1 Å². The van der Waals surface area contributed by atoms with Gasteiger partial charge in [0.1, 0.15) is 17.3 Å². The van der Waals surface area contributed by atoms with E-state index in [-0.39, 0.29) is 5.82 Å². The van der Waals surface area contributed by atoms with Gasteiger partial charge in [-0.2, -0.15) is 5.26 Å². The van der Waals surface area contributed by atoms with Gasteiger partial charge in [-0.1, -0.05) is 52.3 Å². The maximum Gasteiger partial charge on any atom is 0.137 e. The van der Waals surface area contributed by atoms with E-state index in [1.165, 1.54) is 6.07 Å². The Hall–Kier alpha value is -3.16. The van der Waals surface area contributed by atoms with Crippen LogP contribution in [0.2, 0.25) is 0 Å². The van der Waals surface area contributed by atoms with E-state index in [0.717, 1.165) is 16.3 Å². The molecule has 4 aromatic rings. The highest BCUT2D eigenvalue weighted by atomic mass is 79.9. The fraction of sp³-hybridized carbons (Fsp3) is 0. The predicted molar refractivity (Wildman–Crippen MR) is 109 cm³/mol. The van der Waals surface area contributed by atoms with Crippen molar-refractivity contribution in [3.8, 4) is 17.4 Å². The third-order valence-electron chi connectivity index (χ3n) is 4.29. The van der Waals surface area contributed by atoms with E-state index >= 15 is 0 Å². The van der Waals surface area contributed by atoms with Crippen molar-refractivity contribution in [1.82, 2.24) is 0 Å². The number of hydrogen-bond donors (Lipinski definition) is 0. The van der Waals surface area contributed by atoms with Crippen LogP contribution in [0.5, 0.6) is 0 Å². The first-order chi connectivity index (χ1) is 13.1. The summed E-state index contributed by atoms with van der Waals surface area (Å²) in [5, 5.41) is 11.8. The van der Waals surface area contributed by atoms with Crippen LogP contribution in [0.4, 0.5) is 4.39 Å². The quantitative estimate of drug-likeness (QED) is 0.334. The first-order valence-corrected chi connectivity index (χ1v) is 9.09. The van der Waals surface area contributed by atoms with E-state index in [2.05, 4.69) is 22.0 Å². The molecule has 0 bridgehead atoms. The average Bonchev–Trinajstić information content (AvgIpc) is 3.14. The van der Waals surface area contributed by atoms with Crippen LogP contribution in [0.1, 0.15) is 11.3 Å². The van der Waals surface area contributed by atoms with Gasteiger partial charge < -0.3 is 4.42 Å². The second kappa shape index (κ2) is 7.22. The van der Waals surface area contributed by atoms with Crippen LogP contribution in [0, 0.1) is 17.1 Å². The molecule has 0 fully saturated rings.